The predicted molar refractivity (Wildman–Crippen MR) is 182 cm³/mol. The number of aliphatic carboxylic acids is 1. The minimum Gasteiger partial charge on any atom is -0.481 e. The summed E-state index contributed by atoms with van der Waals surface area (Å²) < 4.78 is 15.2. The first kappa shape index (κ1) is 33.2. The van der Waals surface area contributed by atoms with Crippen LogP contribution in [0.3, 0.4) is 0 Å². The Hall–Kier alpha value is -4.74. The van der Waals surface area contributed by atoms with Crippen molar-refractivity contribution in [3.63, 3.8) is 0 Å². The highest BCUT2D eigenvalue weighted by Gasteiger charge is 2.67. The number of ether oxygens (including phenoxy) is 2. The summed E-state index contributed by atoms with van der Waals surface area (Å²) in [6, 6.07) is 7.97. The Kier molecular flexibility index (Phi) is 8.33. The third-order valence-electron chi connectivity index (χ3n) is 9.04. The van der Waals surface area contributed by atoms with Crippen LogP contribution < -0.4 is 4.90 Å². The molecule has 0 aromatic carbocycles. The largest absolute Gasteiger partial charge is 0.481 e. The molecule has 0 spiro atoms. The highest BCUT2D eigenvalue weighted by Crippen LogP contribution is 2.47. The summed E-state index contributed by atoms with van der Waals surface area (Å²) in [5, 5.41) is 29.3. The number of amides is 1. The standard InChI is InChI=1S/C34H42N8O5Si/c1-33(2,3)47-32(45)41-20-34(31(43)44,21-46-10-11-48(5,6)7)30-27(41)19-40(30)28-9-8-22(14-36-28)26-12-23(25-16-37-39(4)17-25)18-42-29(26)24(13-35)15-38-42/h8-9,12,14-18,27,30H,10-11,19-21H2,1-7H3,(H,43,44)/t27-,30+,34?/m0/s1. The Morgan fingerprint density at radius 3 is 2.48 bits per heavy atom. The fourth-order valence-electron chi connectivity index (χ4n) is 6.58. The molecule has 1 amide bonds. The topological polar surface area (TPSA) is 151 Å². The van der Waals surface area contributed by atoms with Crippen LogP contribution in [0.4, 0.5) is 10.6 Å². The van der Waals surface area contributed by atoms with E-state index in [4.69, 9.17) is 14.5 Å². The number of carboxylic acids is 1. The highest BCUT2D eigenvalue weighted by molar-refractivity contribution is 6.76. The van der Waals surface area contributed by atoms with Gasteiger partial charge in [-0.2, -0.15) is 15.5 Å². The Labute approximate surface area is 280 Å². The first-order valence-corrected chi connectivity index (χ1v) is 19.8. The molecule has 13 nitrogen and oxygen atoms in total. The molecule has 2 saturated heterocycles. The fraction of sp³-hybridized carbons (Fsp3) is 0.471. The highest BCUT2D eigenvalue weighted by atomic mass is 28.3. The van der Waals surface area contributed by atoms with E-state index in [1.54, 1.807) is 53.5 Å². The molecule has 1 unspecified atom stereocenters. The molecule has 0 radical (unpaired) electrons. The number of nitrogens with zero attached hydrogens (tertiary/aromatic N) is 8. The van der Waals surface area contributed by atoms with E-state index in [2.05, 4.69) is 35.9 Å². The zero-order valence-electron chi connectivity index (χ0n) is 28.5. The Bertz CT molecular complexity index is 1900. The van der Waals surface area contributed by atoms with Crippen molar-refractivity contribution in [1.82, 2.24) is 29.3 Å². The third-order valence-corrected chi connectivity index (χ3v) is 10.7. The van der Waals surface area contributed by atoms with E-state index in [9.17, 15) is 20.0 Å². The van der Waals surface area contributed by atoms with Crippen molar-refractivity contribution < 1.29 is 24.2 Å². The van der Waals surface area contributed by atoms with Crippen LogP contribution in [-0.4, -0.2) is 98.5 Å². The number of carbonyl (C=O) groups excluding carboxylic acids is 1. The van der Waals surface area contributed by atoms with Crippen molar-refractivity contribution in [3.05, 3.63) is 54.7 Å². The second-order valence-electron chi connectivity index (χ2n) is 15.0. The minimum absolute atomic E-state index is 0.0224. The van der Waals surface area contributed by atoms with Gasteiger partial charge in [0.15, 0.2) is 0 Å². The number of pyridine rings is 2. The van der Waals surface area contributed by atoms with E-state index in [0.717, 1.165) is 28.3 Å². The monoisotopic (exact) mass is 670 g/mol. The van der Waals surface area contributed by atoms with Crippen LogP contribution in [0.1, 0.15) is 26.3 Å². The predicted octanol–water partition coefficient (Wildman–Crippen LogP) is 4.90. The van der Waals surface area contributed by atoms with E-state index in [1.165, 1.54) is 0 Å². The van der Waals surface area contributed by atoms with Crippen molar-refractivity contribution in [2.24, 2.45) is 12.5 Å². The van der Waals surface area contributed by atoms with Crippen molar-refractivity contribution in [2.45, 2.75) is 64.1 Å². The number of fused-ring (bicyclic) bond motifs is 2. The van der Waals surface area contributed by atoms with Gasteiger partial charge in [-0.25, -0.2) is 14.3 Å². The molecular formula is C34H42N8O5Si. The van der Waals surface area contributed by atoms with Gasteiger partial charge in [0.25, 0.3) is 0 Å². The maximum atomic E-state index is 13.3. The van der Waals surface area contributed by atoms with Crippen LogP contribution in [0.2, 0.25) is 25.7 Å². The minimum atomic E-state index is -1.41. The van der Waals surface area contributed by atoms with Gasteiger partial charge in [-0.1, -0.05) is 19.6 Å². The normalized spacial score (nSPS) is 20.8. The Morgan fingerprint density at radius 1 is 1.10 bits per heavy atom. The molecule has 48 heavy (non-hydrogen) atoms. The smallest absolute Gasteiger partial charge is 0.410 e. The van der Waals surface area contributed by atoms with E-state index >= 15 is 0 Å². The summed E-state index contributed by atoms with van der Waals surface area (Å²) in [4.78, 5) is 34.8. The fourth-order valence-corrected chi connectivity index (χ4v) is 7.33. The average Bonchev–Trinajstić information content (AvgIpc) is 3.68. The zero-order chi connectivity index (χ0) is 34.6. The molecule has 0 bridgehead atoms. The van der Waals surface area contributed by atoms with Crippen molar-refractivity contribution in [2.75, 3.05) is 31.2 Å². The molecule has 2 fully saturated rings. The Balaban J connectivity index is 1.33. The van der Waals surface area contributed by atoms with Crippen LogP contribution in [-0.2, 0) is 21.3 Å². The summed E-state index contributed by atoms with van der Waals surface area (Å²) in [6.45, 7) is 12.9. The molecule has 14 heteroatoms. The summed E-state index contributed by atoms with van der Waals surface area (Å²) in [7, 11) is 0.445. The average molecular weight is 671 g/mol. The van der Waals surface area contributed by atoms with Gasteiger partial charge in [0.2, 0.25) is 0 Å². The lowest BCUT2D eigenvalue weighted by atomic mass is 9.76. The van der Waals surface area contributed by atoms with Gasteiger partial charge in [-0.3, -0.25) is 14.4 Å². The number of hydrogen-bond donors (Lipinski definition) is 1. The van der Waals surface area contributed by atoms with E-state index in [1.807, 2.05) is 42.5 Å². The number of nitriles is 1. The van der Waals surface area contributed by atoms with Gasteiger partial charge >= 0.3 is 12.1 Å². The van der Waals surface area contributed by atoms with E-state index < -0.39 is 37.2 Å². The van der Waals surface area contributed by atoms with E-state index in [0.29, 0.717) is 30.0 Å². The molecule has 6 rings (SSSR count). The first-order valence-electron chi connectivity index (χ1n) is 16.0. The van der Waals surface area contributed by atoms with Crippen LogP contribution in [0.5, 0.6) is 0 Å². The lowest BCUT2D eigenvalue weighted by molar-refractivity contribution is -0.153. The number of aromatic nitrogens is 5. The summed E-state index contributed by atoms with van der Waals surface area (Å²) >= 11 is 0. The molecule has 1 N–H and O–H groups in total. The lowest BCUT2D eigenvalue weighted by Gasteiger charge is -2.50. The van der Waals surface area contributed by atoms with Gasteiger partial charge in [0.1, 0.15) is 22.9 Å². The molecule has 4 aromatic rings. The number of aryl methyl sites for hydroxylation is 1. The van der Waals surface area contributed by atoms with Crippen LogP contribution >= 0.6 is 0 Å². The van der Waals surface area contributed by atoms with Crippen molar-refractivity contribution >= 4 is 31.5 Å². The van der Waals surface area contributed by atoms with Crippen molar-refractivity contribution in [3.8, 4) is 28.3 Å². The zero-order valence-corrected chi connectivity index (χ0v) is 29.5. The second kappa shape index (κ2) is 12.1. The molecular weight excluding hydrogens is 629 g/mol. The quantitative estimate of drug-likeness (QED) is 0.192. The van der Waals surface area contributed by atoms with Gasteiger partial charge in [0, 0.05) is 75.7 Å². The molecule has 6 heterocycles. The maximum Gasteiger partial charge on any atom is 0.410 e. The van der Waals surface area contributed by atoms with Gasteiger partial charge in [0.05, 0.1) is 42.2 Å². The van der Waals surface area contributed by atoms with Gasteiger partial charge < -0.3 is 19.5 Å². The molecule has 252 valence electrons. The summed E-state index contributed by atoms with van der Waals surface area (Å²) in [6.07, 6.45) is 8.29. The number of carbonyl (C=O) groups is 2. The third kappa shape index (κ3) is 6.15. The molecule has 0 aliphatic carbocycles. The maximum absolute atomic E-state index is 13.3. The Morgan fingerprint density at radius 2 is 1.88 bits per heavy atom. The van der Waals surface area contributed by atoms with Crippen LogP contribution in [0.15, 0.2) is 49.2 Å². The summed E-state index contributed by atoms with van der Waals surface area (Å²) in [5.41, 5.74) is 2.32. The first-order chi connectivity index (χ1) is 22.6. The molecule has 2 aliphatic heterocycles. The number of carboxylic acid groups (broad SMARTS) is 1. The van der Waals surface area contributed by atoms with E-state index in [-0.39, 0.29) is 19.2 Å². The van der Waals surface area contributed by atoms with Gasteiger partial charge in [-0.15, -0.1) is 0 Å². The second-order valence-corrected chi connectivity index (χ2v) is 20.6. The SMILES string of the molecule is Cn1cc(-c2cc(-c3ccc(N4C[C@H]5[C@@H]4C(COCC[Si](C)(C)C)(C(=O)O)CN5C(=O)OC(C)(C)C)nc3)c3c(C#N)cnn3c2)cn1. The molecule has 2 aliphatic rings. The van der Waals surface area contributed by atoms with Gasteiger partial charge in [-0.05, 0) is 45.0 Å². The molecule has 4 aromatic heterocycles. The number of likely N-dealkylation sites (tertiary alicyclic amines) is 1. The van der Waals surface area contributed by atoms with Crippen LogP contribution in [0.25, 0.3) is 27.8 Å². The lowest BCUT2D eigenvalue weighted by Crippen LogP contribution is -2.68. The number of rotatable bonds is 9. The number of hydrogen-bond acceptors (Lipinski definition) is 9. The van der Waals surface area contributed by atoms with Crippen LogP contribution in [0, 0.1) is 16.7 Å². The molecule has 3 atom stereocenters. The van der Waals surface area contributed by atoms with Crippen molar-refractivity contribution in [1.29, 1.82) is 5.26 Å². The number of anilines is 1. The summed E-state index contributed by atoms with van der Waals surface area (Å²) in [5.74, 6) is -0.426. The molecule has 0 saturated carbocycles.